The molecule has 0 aliphatic heterocycles. The first-order valence-corrected chi connectivity index (χ1v) is 29.2. The highest BCUT2D eigenvalue weighted by Gasteiger charge is 2.29. The lowest BCUT2D eigenvalue weighted by atomic mass is 10.0. The van der Waals surface area contributed by atoms with Crippen LogP contribution in [-0.2, 0) is 19.2 Å². The number of aliphatic hydroxyl groups excluding tert-OH is 5. The van der Waals surface area contributed by atoms with Crippen LogP contribution in [0.3, 0.4) is 0 Å². The highest BCUT2D eigenvalue weighted by molar-refractivity contribution is 5.67. The van der Waals surface area contributed by atoms with Crippen LogP contribution in [0.4, 0.5) is 0 Å². The number of rotatable bonds is 50. The predicted molar refractivity (Wildman–Crippen MR) is 298 cm³/mol. The highest BCUT2D eigenvalue weighted by atomic mass is 16.4. The van der Waals surface area contributed by atoms with Gasteiger partial charge in [-0.2, -0.15) is 0 Å². The Hall–Kier alpha value is -2.90. The van der Waals surface area contributed by atoms with Crippen molar-refractivity contribution in [2.45, 2.75) is 315 Å². The Labute approximate surface area is 440 Å². The molecule has 0 aliphatic rings. The number of carbonyl (C=O) groups is 4. The predicted octanol–water partition coefficient (Wildman–Crippen LogP) is 14.9. The molecule has 12 heteroatoms. The smallest absolute Gasteiger partial charge is 0.303 e. The van der Waals surface area contributed by atoms with Crippen molar-refractivity contribution in [1.82, 2.24) is 0 Å². The average molecular weight is 1030 g/mol. The number of carbonyl (C=O) groups excluding carboxylic acids is 1. The molecule has 0 rings (SSSR count). The van der Waals surface area contributed by atoms with Gasteiger partial charge in [0.1, 0.15) is 24.4 Å². The largest absolute Gasteiger partial charge is 0.481 e. The minimum Gasteiger partial charge on any atom is -0.481 e. The molecule has 0 radical (unpaired) electrons. The zero-order chi connectivity index (χ0) is 54.4. The summed E-state index contributed by atoms with van der Waals surface area (Å²) in [7, 11) is 0. The van der Waals surface area contributed by atoms with Crippen LogP contribution in [0.5, 0.6) is 0 Å². The van der Waals surface area contributed by atoms with Gasteiger partial charge in [-0.15, -0.1) is 0 Å². The molecule has 426 valence electrons. The summed E-state index contributed by atoms with van der Waals surface area (Å²) in [5.41, 5.74) is 0. The minimum absolute atomic E-state index is 0.0258. The van der Waals surface area contributed by atoms with Crippen LogP contribution >= 0.6 is 0 Å². The molecule has 0 heterocycles. The summed E-state index contributed by atoms with van der Waals surface area (Å²) < 4.78 is 0. The molecule has 0 aromatic carbocycles. The van der Waals surface area contributed by atoms with E-state index >= 15 is 0 Å². The van der Waals surface area contributed by atoms with E-state index in [1.807, 2.05) is 0 Å². The van der Waals surface area contributed by atoms with E-state index < -0.39 is 48.9 Å². The van der Waals surface area contributed by atoms with E-state index in [-0.39, 0.29) is 6.29 Å². The standard InChI is InChI=1S/3C18H34O2.C6H12O6/c3*1-2-3-4-5-6-7-8-9-10-11-12-13-14-15-16-17-18(19)20;7-1-3(9)5(11)6(12)4(10)2-8/h3*9-10H,2-8,11-17H2,1H3,(H,19,20);1,3-6,8-12H,2H2/b3*10-9-;/t;;;3-,4+,5+,6+/m...0/s1. The van der Waals surface area contributed by atoms with Gasteiger partial charge >= 0.3 is 17.9 Å². The second-order valence-corrected chi connectivity index (χ2v) is 19.5. The van der Waals surface area contributed by atoms with Gasteiger partial charge in [-0.3, -0.25) is 14.4 Å². The molecule has 72 heavy (non-hydrogen) atoms. The number of unbranched alkanes of at least 4 members (excludes halogenated alkanes) is 33. The van der Waals surface area contributed by atoms with E-state index in [2.05, 4.69) is 57.2 Å². The van der Waals surface area contributed by atoms with Gasteiger partial charge in [0.15, 0.2) is 6.29 Å². The summed E-state index contributed by atoms with van der Waals surface area (Å²) in [6.45, 7) is 6.02. The second-order valence-electron chi connectivity index (χ2n) is 19.5. The van der Waals surface area contributed by atoms with E-state index in [9.17, 15) is 19.2 Å². The van der Waals surface area contributed by atoms with Crippen molar-refractivity contribution in [2.75, 3.05) is 6.61 Å². The summed E-state index contributed by atoms with van der Waals surface area (Å²) in [6, 6.07) is 0. The molecule has 0 unspecified atom stereocenters. The lowest BCUT2D eigenvalue weighted by Gasteiger charge is -2.22. The SMILES string of the molecule is CCCCCCCC/C=C\CCCCCCCC(=O)O.CCCCCCCC/C=C\CCCCCCCC(=O)O.CCCCCCCC/C=C\CCCCCCCC(=O)O.O=C[C@H](O)[C@@H](O)[C@H](O)[C@H](O)CO. The first kappa shape index (κ1) is 75.6. The monoisotopic (exact) mass is 1030 g/mol. The van der Waals surface area contributed by atoms with Crippen LogP contribution in [0.2, 0.25) is 0 Å². The van der Waals surface area contributed by atoms with Crippen molar-refractivity contribution >= 4 is 24.2 Å². The summed E-state index contributed by atoms with van der Waals surface area (Å²) in [4.78, 5) is 40.9. The molecule has 0 aromatic heterocycles. The molecule has 0 spiro atoms. The van der Waals surface area contributed by atoms with E-state index in [4.69, 9.17) is 40.9 Å². The number of carboxylic acid groups (broad SMARTS) is 3. The fourth-order valence-corrected chi connectivity index (χ4v) is 7.66. The van der Waals surface area contributed by atoms with Crippen LogP contribution in [0.25, 0.3) is 0 Å². The van der Waals surface area contributed by atoms with Gasteiger partial charge in [0.2, 0.25) is 0 Å². The van der Waals surface area contributed by atoms with Crippen molar-refractivity contribution < 1.29 is 60.0 Å². The molecule has 0 saturated heterocycles. The highest BCUT2D eigenvalue weighted by Crippen LogP contribution is 2.13. The summed E-state index contributed by atoms with van der Waals surface area (Å²) in [5.74, 6) is -1.99. The van der Waals surface area contributed by atoms with E-state index in [0.29, 0.717) is 19.3 Å². The first-order valence-electron chi connectivity index (χ1n) is 29.2. The zero-order valence-corrected chi connectivity index (χ0v) is 46.5. The number of hydrogen-bond donors (Lipinski definition) is 8. The topological polar surface area (TPSA) is 230 Å². The van der Waals surface area contributed by atoms with Gasteiger partial charge in [-0.25, -0.2) is 0 Å². The van der Waals surface area contributed by atoms with Gasteiger partial charge < -0.3 is 45.6 Å². The van der Waals surface area contributed by atoms with Crippen LogP contribution in [-0.4, -0.2) is 96.1 Å². The third kappa shape index (κ3) is 71.4. The number of carboxylic acids is 3. The molecular weight excluding hydrogens is 913 g/mol. The van der Waals surface area contributed by atoms with Gasteiger partial charge in [0.25, 0.3) is 0 Å². The normalized spacial score (nSPS) is 12.9. The molecule has 12 nitrogen and oxygen atoms in total. The second kappa shape index (κ2) is 66.1. The van der Waals surface area contributed by atoms with E-state index in [1.54, 1.807) is 0 Å². The maximum atomic E-state index is 10.3. The maximum absolute atomic E-state index is 10.3. The third-order valence-corrected chi connectivity index (χ3v) is 12.4. The van der Waals surface area contributed by atoms with Crippen molar-refractivity contribution in [3.8, 4) is 0 Å². The Bertz CT molecular complexity index is 1090. The minimum atomic E-state index is -1.79. The van der Waals surface area contributed by atoms with Crippen molar-refractivity contribution in [3.05, 3.63) is 36.5 Å². The Morgan fingerprint density at radius 2 is 0.542 bits per heavy atom. The lowest BCUT2D eigenvalue weighted by molar-refractivity contribution is -0.138. The Balaban J connectivity index is -0.000000435. The fraction of sp³-hybridized carbons (Fsp3) is 0.833. The van der Waals surface area contributed by atoms with E-state index in [1.165, 1.54) is 212 Å². The molecular formula is C60H114O12. The maximum Gasteiger partial charge on any atom is 0.303 e. The summed E-state index contributed by atoms with van der Waals surface area (Å²) in [5, 5.41) is 69.1. The fourth-order valence-electron chi connectivity index (χ4n) is 7.66. The van der Waals surface area contributed by atoms with Gasteiger partial charge in [-0.1, -0.05) is 211 Å². The van der Waals surface area contributed by atoms with Gasteiger partial charge in [0, 0.05) is 19.3 Å². The molecule has 0 aliphatic carbocycles. The first-order chi connectivity index (χ1) is 34.9. The van der Waals surface area contributed by atoms with Crippen LogP contribution < -0.4 is 0 Å². The third-order valence-electron chi connectivity index (χ3n) is 12.4. The molecule has 0 bridgehead atoms. The van der Waals surface area contributed by atoms with Crippen molar-refractivity contribution in [2.24, 2.45) is 0 Å². The summed E-state index contributed by atoms with van der Waals surface area (Å²) in [6.07, 6.45) is 56.9. The molecule has 8 N–H and O–H groups in total. The van der Waals surface area contributed by atoms with Crippen LogP contribution in [0, 0.1) is 0 Å². The van der Waals surface area contributed by atoms with Crippen LogP contribution in [0.1, 0.15) is 290 Å². The molecule has 0 aromatic rings. The lowest BCUT2D eigenvalue weighted by Crippen LogP contribution is -2.46. The van der Waals surface area contributed by atoms with Crippen molar-refractivity contribution in [1.29, 1.82) is 0 Å². The Morgan fingerprint density at radius 3 is 0.736 bits per heavy atom. The van der Waals surface area contributed by atoms with E-state index in [0.717, 1.165) is 38.5 Å². The molecule has 4 atom stereocenters. The molecule has 0 fully saturated rings. The average Bonchev–Trinajstić information content (AvgIpc) is 3.36. The zero-order valence-electron chi connectivity index (χ0n) is 46.5. The number of aliphatic hydroxyl groups is 5. The molecule has 0 saturated carbocycles. The quantitative estimate of drug-likeness (QED) is 0.0162. The van der Waals surface area contributed by atoms with Gasteiger partial charge in [-0.05, 0) is 96.3 Å². The van der Waals surface area contributed by atoms with Crippen LogP contribution in [0.15, 0.2) is 36.5 Å². The summed E-state index contributed by atoms with van der Waals surface area (Å²) >= 11 is 0. The molecule has 0 amide bonds. The Kier molecular flexibility index (Phi) is 69.4. The number of allylic oxidation sites excluding steroid dienone is 6. The van der Waals surface area contributed by atoms with Crippen molar-refractivity contribution in [3.63, 3.8) is 0 Å². The number of aldehydes is 1. The Morgan fingerprint density at radius 1 is 0.333 bits per heavy atom. The number of hydrogen-bond acceptors (Lipinski definition) is 9. The van der Waals surface area contributed by atoms with Gasteiger partial charge in [0.05, 0.1) is 6.61 Å². The number of aliphatic carboxylic acids is 3.